The third kappa shape index (κ3) is 3.19. The summed E-state index contributed by atoms with van der Waals surface area (Å²) < 4.78 is 55.7. The molecule has 6 nitrogen and oxygen atoms in total. The van der Waals surface area contributed by atoms with Crippen LogP contribution in [0, 0.1) is 6.92 Å². The number of benzene rings is 1. The van der Waals surface area contributed by atoms with Crippen molar-refractivity contribution in [3.8, 4) is 5.75 Å². The highest BCUT2D eigenvalue weighted by molar-refractivity contribution is 7.96. The van der Waals surface area contributed by atoms with E-state index < -0.39 is 31.0 Å². The van der Waals surface area contributed by atoms with E-state index in [0.717, 1.165) is 31.5 Å². The van der Waals surface area contributed by atoms with Crippen LogP contribution in [0.4, 0.5) is 0 Å². The third-order valence-corrected chi connectivity index (χ3v) is 9.09. The van der Waals surface area contributed by atoms with Crippen molar-refractivity contribution in [1.29, 1.82) is 0 Å². The highest BCUT2D eigenvalue weighted by Gasteiger charge is 2.48. The molecule has 2 aliphatic rings. The fourth-order valence-electron chi connectivity index (χ4n) is 3.71. The van der Waals surface area contributed by atoms with Gasteiger partial charge in [-0.3, -0.25) is 4.90 Å². The van der Waals surface area contributed by atoms with Gasteiger partial charge in [0.2, 0.25) is 0 Å². The first kappa shape index (κ1) is 17.7. The minimum Gasteiger partial charge on any atom is -0.496 e. The van der Waals surface area contributed by atoms with Gasteiger partial charge in [-0.15, -0.1) is 0 Å². The minimum absolute atomic E-state index is 0.0635. The van der Waals surface area contributed by atoms with Crippen LogP contribution in [0.25, 0.3) is 0 Å². The van der Waals surface area contributed by atoms with Gasteiger partial charge in [-0.05, 0) is 56.6 Å². The number of nitrogens with zero attached hydrogens (tertiary/aromatic N) is 1. The highest BCUT2D eigenvalue weighted by Crippen LogP contribution is 2.32. The summed E-state index contributed by atoms with van der Waals surface area (Å²) in [6.45, 7) is 3.32. The molecule has 0 radical (unpaired) electrons. The Labute approximate surface area is 143 Å². The molecule has 0 spiro atoms. The molecule has 8 heteroatoms. The van der Waals surface area contributed by atoms with Crippen LogP contribution in [-0.4, -0.2) is 64.7 Å². The molecule has 0 aromatic heterocycles. The average molecular weight is 373 g/mol. The van der Waals surface area contributed by atoms with Gasteiger partial charge in [-0.2, -0.15) is 0 Å². The lowest BCUT2D eigenvalue weighted by atomic mass is 10.2. The van der Waals surface area contributed by atoms with Crippen molar-refractivity contribution in [2.75, 3.05) is 31.7 Å². The highest BCUT2D eigenvalue weighted by atomic mass is 32.2. The smallest absolute Gasteiger partial charge is 0.183 e. The summed E-state index contributed by atoms with van der Waals surface area (Å²) in [5, 5.41) is -0.895. The monoisotopic (exact) mass is 373 g/mol. The summed E-state index contributed by atoms with van der Waals surface area (Å²) in [5.41, 5.74) is 0.720. The van der Waals surface area contributed by atoms with Crippen LogP contribution in [0.1, 0.15) is 18.4 Å². The van der Waals surface area contributed by atoms with E-state index in [1.165, 1.54) is 13.2 Å². The zero-order valence-electron chi connectivity index (χ0n) is 13.9. The molecule has 0 saturated carbocycles. The zero-order chi connectivity index (χ0) is 17.5. The van der Waals surface area contributed by atoms with Gasteiger partial charge in [0.15, 0.2) is 19.7 Å². The first-order valence-electron chi connectivity index (χ1n) is 8.07. The molecule has 0 amide bonds. The number of likely N-dealkylation sites (tertiary alicyclic amines) is 1. The molecule has 1 aromatic carbocycles. The Bertz CT molecular complexity index is 826. The quantitative estimate of drug-likeness (QED) is 0.784. The SMILES string of the molecule is COc1ccc(S(=O)(=O)[C@H]2CS(=O)(=O)C[C@H]2N2CCCC2)cc1C. The number of aryl methyl sites for hydroxylation is 1. The molecule has 3 rings (SSSR count). The van der Waals surface area contributed by atoms with Gasteiger partial charge in [0.05, 0.1) is 28.8 Å². The second-order valence-corrected chi connectivity index (χ2v) is 10.9. The van der Waals surface area contributed by atoms with E-state index in [-0.39, 0.29) is 16.4 Å². The van der Waals surface area contributed by atoms with Gasteiger partial charge >= 0.3 is 0 Å². The Morgan fingerprint density at radius 1 is 1.17 bits per heavy atom. The maximum Gasteiger partial charge on any atom is 0.183 e. The topological polar surface area (TPSA) is 80.8 Å². The van der Waals surface area contributed by atoms with Crippen molar-refractivity contribution in [1.82, 2.24) is 4.90 Å². The van der Waals surface area contributed by atoms with Crippen LogP contribution in [0.5, 0.6) is 5.75 Å². The predicted molar refractivity (Wildman–Crippen MR) is 92.0 cm³/mol. The molecular weight excluding hydrogens is 350 g/mol. The number of methoxy groups -OCH3 is 1. The lowest BCUT2D eigenvalue weighted by molar-refractivity contribution is 0.264. The molecule has 0 aliphatic carbocycles. The number of hydrogen-bond acceptors (Lipinski definition) is 6. The fraction of sp³-hybridized carbons (Fsp3) is 0.625. The summed E-state index contributed by atoms with van der Waals surface area (Å²) in [6.07, 6.45) is 1.98. The van der Waals surface area contributed by atoms with Crippen molar-refractivity contribution >= 4 is 19.7 Å². The molecule has 0 unspecified atom stereocenters. The maximum absolute atomic E-state index is 13.1. The predicted octanol–water partition coefficient (Wildman–Crippen LogP) is 1.04. The van der Waals surface area contributed by atoms with Gasteiger partial charge in [0.25, 0.3) is 0 Å². The number of sulfone groups is 2. The molecule has 0 N–H and O–H groups in total. The number of hydrogen-bond donors (Lipinski definition) is 0. The molecule has 2 aliphatic heterocycles. The Hall–Kier alpha value is -1.12. The van der Waals surface area contributed by atoms with E-state index >= 15 is 0 Å². The molecule has 2 saturated heterocycles. The average Bonchev–Trinajstić information content (AvgIpc) is 3.14. The third-order valence-electron chi connectivity index (χ3n) is 4.98. The second-order valence-electron chi connectivity index (χ2n) is 6.60. The van der Waals surface area contributed by atoms with Crippen molar-refractivity contribution in [3.05, 3.63) is 23.8 Å². The summed E-state index contributed by atoms with van der Waals surface area (Å²) in [7, 11) is -5.53. The molecule has 0 bridgehead atoms. The number of rotatable bonds is 4. The minimum atomic E-state index is -3.72. The lowest BCUT2D eigenvalue weighted by Crippen LogP contribution is -2.45. The van der Waals surface area contributed by atoms with Gasteiger partial charge < -0.3 is 4.74 Å². The Morgan fingerprint density at radius 3 is 2.42 bits per heavy atom. The van der Waals surface area contributed by atoms with Crippen LogP contribution in [0.3, 0.4) is 0 Å². The van der Waals surface area contributed by atoms with Gasteiger partial charge in [-0.25, -0.2) is 16.8 Å². The van der Waals surface area contributed by atoms with Crippen LogP contribution in [0.2, 0.25) is 0 Å². The Balaban J connectivity index is 1.99. The summed E-state index contributed by atoms with van der Waals surface area (Å²) >= 11 is 0. The van der Waals surface area contributed by atoms with Crippen LogP contribution >= 0.6 is 0 Å². The van der Waals surface area contributed by atoms with Gasteiger partial charge in [-0.1, -0.05) is 0 Å². The molecule has 2 fully saturated rings. The molecule has 24 heavy (non-hydrogen) atoms. The molecular formula is C16H23NO5S2. The van der Waals surface area contributed by atoms with E-state index in [4.69, 9.17) is 4.74 Å². The lowest BCUT2D eigenvalue weighted by Gasteiger charge is -2.27. The van der Waals surface area contributed by atoms with Crippen LogP contribution in [0.15, 0.2) is 23.1 Å². The van der Waals surface area contributed by atoms with Crippen molar-refractivity contribution in [3.63, 3.8) is 0 Å². The maximum atomic E-state index is 13.1. The largest absolute Gasteiger partial charge is 0.496 e. The zero-order valence-corrected chi connectivity index (χ0v) is 15.6. The molecule has 1 aromatic rings. The van der Waals surface area contributed by atoms with E-state index in [9.17, 15) is 16.8 Å². The summed E-state index contributed by atoms with van der Waals surface area (Å²) in [5.74, 6) is 0.261. The first-order valence-corrected chi connectivity index (χ1v) is 11.4. The Morgan fingerprint density at radius 2 is 1.83 bits per heavy atom. The summed E-state index contributed by atoms with van der Waals surface area (Å²) in [4.78, 5) is 2.20. The fourth-order valence-corrected chi connectivity index (χ4v) is 8.62. The Kier molecular flexibility index (Phi) is 4.65. The standard InChI is InChI=1S/C16H23NO5S2/c1-12-9-13(5-6-15(12)22-2)24(20,21)16-11-23(18,19)10-14(16)17-7-3-4-8-17/h5-6,9,14,16H,3-4,7-8,10-11H2,1-2H3/t14-,16+/m1/s1. The van der Waals surface area contributed by atoms with Crippen molar-refractivity contribution in [2.45, 2.75) is 36.0 Å². The van der Waals surface area contributed by atoms with E-state index in [1.807, 2.05) is 4.90 Å². The van der Waals surface area contributed by atoms with E-state index in [1.54, 1.807) is 19.1 Å². The van der Waals surface area contributed by atoms with E-state index in [2.05, 4.69) is 0 Å². The van der Waals surface area contributed by atoms with Gasteiger partial charge in [0.1, 0.15) is 5.75 Å². The van der Waals surface area contributed by atoms with Gasteiger partial charge in [0, 0.05) is 6.04 Å². The van der Waals surface area contributed by atoms with E-state index in [0.29, 0.717) is 5.75 Å². The van der Waals surface area contributed by atoms with Crippen molar-refractivity contribution in [2.24, 2.45) is 0 Å². The normalized spacial score (nSPS) is 27.4. The van der Waals surface area contributed by atoms with Crippen molar-refractivity contribution < 1.29 is 21.6 Å². The van der Waals surface area contributed by atoms with Crippen LogP contribution < -0.4 is 4.74 Å². The molecule has 2 atom stereocenters. The van der Waals surface area contributed by atoms with Crippen LogP contribution in [-0.2, 0) is 19.7 Å². The summed E-state index contributed by atoms with van der Waals surface area (Å²) in [6, 6.07) is 4.26. The molecule has 2 heterocycles. The number of ether oxygens (including phenoxy) is 1. The molecule has 134 valence electrons. The second kappa shape index (κ2) is 6.31. The first-order chi connectivity index (χ1) is 11.2.